The molecule has 3 atom stereocenters. The van der Waals surface area contributed by atoms with Crippen molar-refractivity contribution in [3.63, 3.8) is 0 Å². The van der Waals surface area contributed by atoms with E-state index in [9.17, 15) is 4.79 Å². The van der Waals surface area contributed by atoms with E-state index in [1.165, 1.54) is 77.2 Å². The molecule has 0 aromatic heterocycles. The minimum Gasteiger partial charge on any atom is -0.462 e. The summed E-state index contributed by atoms with van der Waals surface area (Å²) in [6, 6.07) is 0. The van der Waals surface area contributed by atoms with Gasteiger partial charge in [-0.2, -0.15) is 0 Å². The molecule has 1 aliphatic heterocycles. The molecule has 0 spiro atoms. The molecule has 1 saturated heterocycles. The summed E-state index contributed by atoms with van der Waals surface area (Å²) < 4.78 is 10.7. The van der Waals surface area contributed by atoms with Gasteiger partial charge in [-0.25, -0.2) is 4.79 Å². The van der Waals surface area contributed by atoms with Gasteiger partial charge < -0.3 is 9.47 Å². The Balaban J connectivity index is 2.12. The molecule has 0 radical (unpaired) electrons. The second kappa shape index (κ2) is 18.5. The van der Waals surface area contributed by atoms with Crippen molar-refractivity contribution in [1.29, 1.82) is 0 Å². The summed E-state index contributed by atoms with van der Waals surface area (Å²) in [6.45, 7) is 18.1. The van der Waals surface area contributed by atoms with Crippen LogP contribution in [-0.2, 0) is 14.3 Å². The molecule has 32 heavy (non-hydrogen) atoms. The molecule has 4 heteroatoms. The molecule has 0 aromatic rings. The highest BCUT2D eigenvalue weighted by molar-refractivity contribution is 5.86. The minimum absolute atomic E-state index is 0.260. The van der Waals surface area contributed by atoms with Crippen LogP contribution < -0.4 is 0 Å². The summed E-state index contributed by atoms with van der Waals surface area (Å²) in [5, 5.41) is 0. The van der Waals surface area contributed by atoms with Crippen LogP contribution in [0.15, 0.2) is 12.2 Å². The average Bonchev–Trinajstić information content (AvgIpc) is 2.78. The van der Waals surface area contributed by atoms with E-state index < -0.39 is 0 Å². The summed E-state index contributed by atoms with van der Waals surface area (Å²) >= 11 is 0. The van der Waals surface area contributed by atoms with Crippen LogP contribution in [0.3, 0.4) is 0 Å². The van der Waals surface area contributed by atoms with E-state index in [1.54, 1.807) is 6.92 Å². The number of carbonyl (C=O) groups excluding carboxylic acids is 1. The number of esters is 1. The molecule has 188 valence electrons. The zero-order chi connectivity index (χ0) is 23.6. The van der Waals surface area contributed by atoms with E-state index in [4.69, 9.17) is 9.47 Å². The molecule has 1 fully saturated rings. The van der Waals surface area contributed by atoms with Crippen LogP contribution in [0.25, 0.3) is 0 Å². The molecule has 0 amide bonds. The first kappa shape index (κ1) is 29.2. The lowest BCUT2D eigenvalue weighted by Gasteiger charge is -2.26. The summed E-state index contributed by atoms with van der Waals surface area (Å²) in [6.07, 6.45) is 16.1. The van der Waals surface area contributed by atoms with E-state index in [0.717, 1.165) is 44.6 Å². The van der Waals surface area contributed by atoms with Crippen molar-refractivity contribution >= 4 is 5.97 Å². The Hall–Kier alpha value is -0.870. The second-order valence-electron chi connectivity index (χ2n) is 10.4. The number of unbranched alkanes of at least 4 members (excludes halogenated alkanes) is 2. The van der Waals surface area contributed by atoms with E-state index in [1.807, 2.05) is 0 Å². The van der Waals surface area contributed by atoms with Crippen molar-refractivity contribution in [2.75, 3.05) is 39.5 Å². The van der Waals surface area contributed by atoms with E-state index in [-0.39, 0.29) is 5.97 Å². The van der Waals surface area contributed by atoms with Gasteiger partial charge in [-0.3, -0.25) is 4.90 Å². The molecular formula is C28H53NO3. The molecule has 4 nitrogen and oxygen atoms in total. The predicted molar refractivity (Wildman–Crippen MR) is 136 cm³/mol. The van der Waals surface area contributed by atoms with Gasteiger partial charge in [-0.1, -0.05) is 91.6 Å². The number of carbonyl (C=O) groups is 1. The van der Waals surface area contributed by atoms with Gasteiger partial charge in [0.25, 0.3) is 0 Å². The van der Waals surface area contributed by atoms with Gasteiger partial charge in [-0.05, 0) is 44.1 Å². The number of rotatable bonds is 19. The highest BCUT2D eigenvalue weighted by Gasteiger charge is 2.13. The summed E-state index contributed by atoms with van der Waals surface area (Å²) in [5.41, 5.74) is 0.486. The van der Waals surface area contributed by atoms with Crippen LogP contribution in [0.1, 0.15) is 105 Å². The maximum atomic E-state index is 11.5. The van der Waals surface area contributed by atoms with Crippen LogP contribution in [0.2, 0.25) is 0 Å². The van der Waals surface area contributed by atoms with E-state index in [0.29, 0.717) is 18.1 Å². The second-order valence-corrected chi connectivity index (χ2v) is 10.4. The average molecular weight is 452 g/mol. The summed E-state index contributed by atoms with van der Waals surface area (Å²) in [5.74, 6) is 1.90. The number of morpholine rings is 1. The third-order valence-corrected chi connectivity index (χ3v) is 6.96. The Kier molecular flexibility index (Phi) is 16.9. The SMILES string of the molecule is C=C(C)C(=O)OCC(C)CCCC(C)CCCC(CCCC)CCCCN1CCOCC1. The first-order valence-electron chi connectivity index (χ1n) is 13.5. The lowest BCUT2D eigenvalue weighted by molar-refractivity contribution is -0.140. The van der Waals surface area contributed by atoms with E-state index >= 15 is 0 Å². The first-order valence-corrected chi connectivity index (χ1v) is 13.5. The molecule has 1 rings (SSSR count). The number of hydrogen-bond acceptors (Lipinski definition) is 4. The highest BCUT2D eigenvalue weighted by Crippen LogP contribution is 2.25. The predicted octanol–water partition coefficient (Wildman–Crippen LogP) is 7.03. The van der Waals surface area contributed by atoms with Crippen molar-refractivity contribution < 1.29 is 14.3 Å². The van der Waals surface area contributed by atoms with Gasteiger partial charge >= 0.3 is 5.97 Å². The maximum Gasteiger partial charge on any atom is 0.333 e. The van der Waals surface area contributed by atoms with Crippen molar-refractivity contribution in [2.24, 2.45) is 17.8 Å². The molecular weight excluding hydrogens is 398 g/mol. The zero-order valence-corrected chi connectivity index (χ0v) is 21.8. The van der Waals surface area contributed by atoms with Crippen molar-refractivity contribution in [3.05, 3.63) is 12.2 Å². The van der Waals surface area contributed by atoms with Crippen molar-refractivity contribution in [3.8, 4) is 0 Å². The highest BCUT2D eigenvalue weighted by atomic mass is 16.5. The third kappa shape index (κ3) is 15.1. The summed E-state index contributed by atoms with van der Waals surface area (Å²) in [7, 11) is 0. The van der Waals surface area contributed by atoms with Crippen LogP contribution >= 0.6 is 0 Å². The molecule has 0 N–H and O–H groups in total. The normalized spacial score (nSPS) is 17.6. The van der Waals surface area contributed by atoms with Crippen LogP contribution in [0.4, 0.5) is 0 Å². The van der Waals surface area contributed by atoms with Gasteiger partial charge in [-0.15, -0.1) is 0 Å². The molecule has 0 aromatic carbocycles. The molecule has 0 saturated carbocycles. The topological polar surface area (TPSA) is 38.8 Å². The lowest BCUT2D eigenvalue weighted by Crippen LogP contribution is -2.36. The molecule has 0 aliphatic carbocycles. The van der Waals surface area contributed by atoms with Crippen molar-refractivity contribution in [1.82, 2.24) is 4.90 Å². The Labute approximate surface area is 199 Å². The maximum absolute atomic E-state index is 11.5. The number of ether oxygens (including phenoxy) is 2. The van der Waals surface area contributed by atoms with Crippen LogP contribution in [-0.4, -0.2) is 50.3 Å². The fraction of sp³-hybridized carbons (Fsp3) is 0.893. The minimum atomic E-state index is -0.260. The fourth-order valence-corrected chi connectivity index (χ4v) is 4.66. The first-order chi connectivity index (χ1) is 15.4. The van der Waals surface area contributed by atoms with Gasteiger partial charge in [0.15, 0.2) is 0 Å². The van der Waals surface area contributed by atoms with Crippen molar-refractivity contribution in [2.45, 2.75) is 105 Å². The fourth-order valence-electron chi connectivity index (χ4n) is 4.66. The Morgan fingerprint density at radius 1 is 0.906 bits per heavy atom. The Morgan fingerprint density at radius 2 is 1.50 bits per heavy atom. The quantitative estimate of drug-likeness (QED) is 0.120. The molecule has 0 bridgehead atoms. The van der Waals surface area contributed by atoms with Gasteiger partial charge in [0.1, 0.15) is 0 Å². The molecule has 3 unspecified atom stereocenters. The molecule has 1 aliphatic rings. The standard InChI is InChI=1S/C28H53NO3/c1-6-7-15-27(16-8-9-18-29-19-21-31-22-20-29)17-11-13-25(4)12-10-14-26(5)23-32-28(30)24(2)3/h25-27H,2,6-23H2,1,3-5H3. The number of hydrogen-bond donors (Lipinski definition) is 0. The number of nitrogens with zero attached hydrogens (tertiary/aromatic N) is 1. The summed E-state index contributed by atoms with van der Waals surface area (Å²) in [4.78, 5) is 14.1. The monoisotopic (exact) mass is 451 g/mol. The Morgan fingerprint density at radius 3 is 2.16 bits per heavy atom. The largest absolute Gasteiger partial charge is 0.462 e. The zero-order valence-electron chi connectivity index (χ0n) is 21.8. The van der Waals surface area contributed by atoms with E-state index in [2.05, 4.69) is 32.3 Å². The van der Waals surface area contributed by atoms with Gasteiger partial charge in [0, 0.05) is 18.7 Å². The van der Waals surface area contributed by atoms with Crippen LogP contribution in [0, 0.1) is 17.8 Å². The smallest absolute Gasteiger partial charge is 0.333 e. The van der Waals surface area contributed by atoms with Crippen LogP contribution in [0.5, 0.6) is 0 Å². The van der Waals surface area contributed by atoms with Gasteiger partial charge in [0.05, 0.1) is 19.8 Å². The third-order valence-electron chi connectivity index (χ3n) is 6.96. The lowest BCUT2D eigenvalue weighted by atomic mass is 9.88. The van der Waals surface area contributed by atoms with Gasteiger partial charge in [0.2, 0.25) is 0 Å². The Bertz CT molecular complexity index is 487. The molecule has 1 heterocycles.